The third-order valence-electron chi connectivity index (χ3n) is 5.44. The molecule has 0 saturated heterocycles. The summed E-state index contributed by atoms with van der Waals surface area (Å²) in [6.07, 6.45) is 1.44. The van der Waals surface area contributed by atoms with E-state index >= 15 is 0 Å². The largest absolute Gasteiger partial charge is 0.368 e. The highest BCUT2D eigenvalue weighted by molar-refractivity contribution is 6.31. The summed E-state index contributed by atoms with van der Waals surface area (Å²) >= 11 is 6.40. The van der Waals surface area contributed by atoms with E-state index in [1.165, 1.54) is 0 Å². The maximum Gasteiger partial charge on any atom is 0.255 e. The lowest BCUT2D eigenvalue weighted by Gasteiger charge is -2.36. The van der Waals surface area contributed by atoms with E-state index in [2.05, 4.69) is 0 Å². The van der Waals surface area contributed by atoms with Crippen LogP contribution in [0.5, 0.6) is 0 Å². The van der Waals surface area contributed by atoms with Crippen molar-refractivity contribution in [2.75, 3.05) is 0 Å². The van der Waals surface area contributed by atoms with E-state index in [-0.39, 0.29) is 11.9 Å². The van der Waals surface area contributed by atoms with Crippen molar-refractivity contribution in [3.63, 3.8) is 0 Å². The summed E-state index contributed by atoms with van der Waals surface area (Å²) in [6.45, 7) is 0. The van der Waals surface area contributed by atoms with Gasteiger partial charge in [0, 0.05) is 10.6 Å². The molecule has 0 aliphatic heterocycles. The molecule has 5 heteroatoms. The first kappa shape index (κ1) is 19.2. The van der Waals surface area contributed by atoms with Crippen LogP contribution in [-0.4, -0.2) is 16.7 Å². The zero-order valence-corrected chi connectivity index (χ0v) is 16.5. The first-order valence-electron chi connectivity index (χ1n) is 9.57. The van der Waals surface area contributed by atoms with Crippen LogP contribution in [-0.2, 0) is 11.2 Å². The van der Waals surface area contributed by atoms with E-state index in [4.69, 9.17) is 17.3 Å². The SMILES string of the molecule is NC(=O)[C@@H](c1ccccc1)N(C(=O)c1ccccc1)[C@@H]1CCc2c(Cl)cccc21. The Hall–Kier alpha value is -3.11. The van der Waals surface area contributed by atoms with Gasteiger partial charge in [-0.25, -0.2) is 0 Å². The number of amides is 2. The van der Waals surface area contributed by atoms with E-state index in [1.54, 1.807) is 17.0 Å². The summed E-state index contributed by atoms with van der Waals surface area (Å²) in [5.41, 5.74) is 9.06. The van der Waals surface area contributed by atoms with Gasteiger partial charge in [-0.3, -0.25) is 9.59 Å². The van der Waals surface area contributed by atoms with Crippen molar-refractivity contribution in [2.24, 2.45) is 5.73 Å². The Kier molecular flexibility index (Phi) is 5.36. The van der Waals surface area contributed by atoms with Crippen LogP contribution in [0, 0.1) is 0 Å². The van der Waals surface area contributed by atoms with Crippen molar-refractivity contribution in [1.29, 1.82) is 0 Å². The lowest BCUT2D eigenvalue weighted by atomic mass is 9.98. The van der Waals surface area contributed by atoms with Crippen molar-refractivity contribution >= 4 is 23.4 Å². The minimum atomic E-state index is -0.876. The Morgan fingerprint density at radius 1 is 0.931 bits per heavy atom. The molecule has 0 unspecified atom stereocenters. The summed E-state index contributed by atoms with van der Waals surface area (Å²) in [6, 6.07) is 22.8. The molecule has 0 heterocycles. The number of carbonyl (C=O) groups is 2. The molecule has 4 rings (SSSR count). The highest BCUT2D eigenvalue weighted by atomic mass is 35.5. The lowest BCUT2D eigenvalue weighted by molar-refractivity contribution is -0.123. The van der Waals surface area contributed by atoms with Gasteiger partial charge in [-0.15, -0.1) is 0 Å². The number of rotatable bonds is 5. The molecule has 0 saturated carbocycles. The Labute approximate surface area is 174 Å². The number of nitrogens with two attached hydrogens (primary N) is 1. The third kappa shape index (κ3) is 3.64. The fourth-order valence-electron chi connectivity index (χ4n) is 4.14. The smallest absolute Gasteiger partial charge is 0.255 e. The predicted octanol–water partition coefficient (Wildman–Crippen LogP) is 4.70. The van der Waals surface area contributed by atoms with Crippen LogP contribution >= 0.6 is 11.6 Å². The Morgan fingerprint density at radius 3 is 2.24 bits per heavy atom. The lowest BCUT2D eigenvalue weighted by Crippen LogP contribution is -2.43. The number of fused-ring (bicyclic) bond motifs is 1. The molecule has 0 radical (unpaired) electrons. The molecule has 146 valence electrons. The van der Waals surface area contributed by atoms with Crippen LogP contribution in [0.4, 0.5) is 0 Å². The Morgan fingerprint density at radius 2 is 1.59 bits per heavy atom. The minimum Gasteiger partial charge on any atom is -0.368 e. The molecule has 1 aliphatic carbocycles. The molecular formula is C24H21ClN2O2. The van der Waals surface area contributed by atoms with Crippen molar-refractivity contribution in [1.82, 2.24) is 4.90 Å². The molecule has 0 fully saturated rings. The number of carbonyl (C=O) groups excluding carboxylic acids is 2. The maximum atomic E-state index is 13.6. The van der Waals surface area contributed by atoms with Crippen LogP contribution in [0.15, 0.2) is 78.9 Å². The number of primary amides is 1. The second-order valence-corrected chi connectivity index (χ2v) is 7.56. The fourth-order valence-corrected chi connectivity index (χ4v) is 4.42. The van der Waals surface area contributed by atoms with Gasteiger partial charge in [-0.05, 0) is 47.7 Å². The van der Waals surface area contributed by atoms with Gasteiger partial charge in [0.2, 0.25) is 5.91 Å². The standard InChI is InChI=1S/C24H21ClN2O2/c25-20-13-7-12-19-18(20)14-15-21(19)27(24(29)17-10-5-2-6-11-17)22(23(26)28)16-8-3-1-4-9-16/h1-13,21-22H,14-15H2,(H2,26,28)/t21-,22-/m1/s1. The van der Waals surface area contributed by atoms with E-state index < -0.39 is 11.9 Å². The minimum absolute atomic E-state index is 0.226. The second kappa shape index (κ2) is 8.10. The second-order valence-electron chi connectivity index (χ2n) is 7.16. The maximum absolute atomic E-state index is 13.6. The van der Waals surface area contributed by atoms with Gasteiger partial charge in [0.15, 0.2) is 0 Å². The van der Waals surface area contributed by atoms with Crippen molar-refractivity contribution in [2.45, 2.75) is 24.9 Å². The average Bonchev–Trinajstić information content (AvgIpc) is 3.17. The molecule has 2 N–H and O–H groups in total. The molecule has 29 heavy (non-hydrogen) atoms. The monoisotopic (exact) mass is 404 g/mol. The number of hydrogen-bond acceptors (Lipinski definition) is 2. The molecular weight excluding hydrogens is 384 g/mol. The highest BCUT2D eigenvalue weighted by Crippen LogP contribution is 2.43. The first-order chi connectivity index (χ1) is 14.1. The van der Waals surface area contributed by atoms with Gasteiger partial charge in [0.1, 0.15) is 6.04 Å². The zero-order chi connectivity index (χ0) is 20.4. The quantitative estimate of drug-likeness (QED) is 0.670. The number of hydrogen-bond donors (Lipinski definition) is 1. The molecule has 2 amide bonds. The number of nitrogens with zero attached hydrogens (tertiary/aromatic N) is 1. The van der Waals surface area contributed by atoms with Crippen molar-refractivity contribution in [3.8, 4) is 0 Å². The topological polar surface area (TPSA) is 63.4 Å². The highest BCUT2D eigenvalue weighted by Gasteiger charge is 2.39. The average molecular weight is 405 g/mol. The van der Waals surface area contributed by atoms with Crippen LogP contribution in [0.25, 0.3) is 0 Å². The third-order valence-corrected chi connectivity index (χ3v) is 5.79. The Bertz CT molecular complexity index is 1040. The normalized spacial score (nSPS) is 16.1. The van der Waals surface area contributed by atoms with Crippen molar-refractivity contribution in [3.05, 3.63) is 106 Å². The number of benzene rings is 3. The van der Waals surface area contributed by atoms with E-state index in [0.717, 1.165) is 17.5 Å². The number of halogens is 1. The van der Waals surface area contributed by atoms with Gasteiger partial charge in [0.05, 0.1) is 6.04 Å². The molecule has 2 atom stereocenters. The van der Waals surface area contributed by atoms with Gasteiger partial charge in [0.25, 0.3) is 5.91 Å². The zero-order valence-electron chi connectivity index (χ0n) is 15.8. The summed E-state index contributed by atoms with van der Waals surface area (Å²) in [5.74, 6) is -0.785. The van der Waals surface area contributed by atoms with Crippen LogP contribution in [0.3, 0.4) is 0 Å². The van der Waals surface area contributed by atoms with Crippen LogP contribution in [0.1, 0.15) is 45.6 Å². The van der Waals surface area contributed by atoms with E-state index in [0.29, 0.717) is 22.6 Å². The van der Waals surface area contributed by atoms with Gasteiger partial charge in [-0.2, -0.15) is 0 Å². The molecule has 0 bridgehead atoms. The summed E-state index contributed by atoms with van der Waals surface area (Å²) in [5, 5.41) is 0.687. The Balaban J connectivity index is 1.86. The molecule has 4 nitrogen and oxygen atoms in total. The molecule has 3 aromatic carbocycles. The van der Waals surface area contributed by atoms with E-state index in [1.807, 2.05) is 66.7 Å². The predicted molar refractivity (Wildman–Crippen MR) is 114 cm³/mol. The van der Waals surface area contributed by atoms with Crippen molar-refractivity contribution < 1.29 is 9.59 Å². The van der Waals surface area contributed by atoms with Gasteiger partial charge in [-0.1, -0.05) is 72.3 Å². The summed E-state index contributed by atoms with van der Waals surface area (Å²) < 4.78 is 0. The van der Waals surface area contributed by atoms with Crippen LogP contribution < -0.4 is 5.73 Å². The first-order valence-corrected chi connectivity index (χ1v) is 9.95. The summed E-state index contributed by atoms with van der Waals surface area (Å²) in [4.78, 5) is 27.9. The summed E-state index contributed by atoms with van der Waals surface area (Å²) in [7, 11) is 0. The molecule has 1 aliphatic rings. The van der Waals surface area contributed by atoms with E-state index in [9.17, 15) is 9.59 Å². The molecule has 0 aromatic heterocycles. The van der Waals surface area contributed by atoms with Gasteiger partial charge < -0.3 is 10.6 Å². The van der Waals surface area contributed by atoms with Gasteiger partial charge >= 0.3 is 0 Å². The molecule has 3 aromatic rings. The molecule has 0 spiro atoms. The fraction of sp³-hybridized carbons (Fsp3) is 0.167. The van der Waals surface area contributed by atoms with Crippen LogP contribution in [0.2, 0.25) is 5.02 Å².